The number of piperazine rings is 1. The molecule has 0 aromatic rings. The molecule has 1 heterocycles. The fourth-order valence-corrected chi connectivity index (χ4v) is 2.44. The van der Waals surface area contributed by atoms with Crippen molar-refractivity contribution in [2.75, 3.05) is 32.7 Å². The highest BCUT2D eigenvalue weighted by atomic mass is 16.1. The van der Waals surface area contributed by atoms with Gasteiger partial charge in [0, 0.05) is 32.7 Å². The van der Waals surface area contributed by atoms with Crippen LogP contribution in [0.5, 0.6) is 0 Å². The highest BCUT2D eigenvalue weighted by Gasteiger charge is 2.19. The van der Waals surface area contributed by atoms with Crippen molar-refractivity contribution in [3.63, 3.8) is 0 Å². The molecule has 1 saturated heterocycles. The van der Waals surface area contributed by atoms with Crippen LogP contribution in [-0.2, 0) is 4.79 Å². The van der Waals surface area contributed by atoms with E-state index in [-0.39, 0.29) is 0 Å². The summed E-state index contributed by atoms with van der Waals surface area (Å²) in [6, 6.07) is 0. The van der Waals surface area contributed by atoms with Gasteiger partial charge in [-0.3, -0.25) is 9.69 Å². The third-order valence-electron chi connectivity index (χ3n) is 3.45. The van der Waals surface area contributed by atoms with Gasteiger partial charge in [-0.25, -0.2) is 0 Å². The fourth-order valence-electron chi connectivity index (χ4n) is 2.44. The summed E-state index contributed by atoms with van der Waals surface area (Å²) in [5.41, 5.74) is 0. The van der Waals surface area contributed by atoms with E-state index in [1.54, 1.807) is 0 Å². The van der Waals surface area contributed by atoms with E-state index < -0.39 is 0 Å². The molecule has 15 heavy (non-hydrogen) atoms. The molecule has 1 aliphatic heterocycles. The van der Waals surface area contributed by atoms with Crippen LogP contribution in [0.4, 0.5) is 0 Å². The Kier molecular flexibility index (Phi) is 3.78. The summed E-state index contributed by atoms with van der Waals surface area (Å²) in [5, 5.41) is 0. The summed E-state index contributed by atoms with van der Waals surface area (Å²) in [5.74, 6) is 0.845. The number of carbonyl (C=O) groups is 1. The molecule has 1 amide bonds. The van der Waals surface area contributed by atoms with Gasteiger partial charge in [0.25, 0.3) is 0 Å². The zero-order valence-electron chi connectivity index (χ0n) is 9.27. The lowest BCUT2D eigenvalue weighted by atomic mass is 9.94. The Hall–Kier alpha value is -0.830. The molecule has 2 rings (SSSR count). The molecule has 0 bridgehead atoms. The van der Waals surface area contributed by atoms with Crippen molar-refractivity contribution < 1.29 is 4.79 Å². The Morgan fingerprint density at radius 2 is 2.00 bits per heavy atom. The first-order valence-electron chi connectivity index (χ1n) is 5.95. The van der Waals surface area contributed by atoms with Gasteiger partial charge >= 0.3 is 0 Å². The first kappa shape index (κ1) is 10.7. The molecule has 2 aliphatic rings. The van der Waals surface area contributed by atoms with Gasteiger partial charge in [-0.1, -0.05) is 12.2 Å². The molecule has 1 atom stereocenters. The van der Waals surface area contributed by atoms with Gasteiger partial charge in [0.2, 0.25) is 6.41 Å². The minimum Gasteiger partial charge on any atom is -0.343 e. The van der Waals surface area contributed by atoms with Gasteiger partial charge in [-0.2, -0.15) is 0 Å². The number of rotatable bonds is 3. The number of nitrogens with zero attached hydrogens (tertiary/aromatic N) is 2. The van der Waals surface area contributed by atoms with Gasteiger partial charge in [-0.05, 0) is 25.2 Å². The van der Waals surface area contributed by atoms with Crippen LogP contribution in [0.3, 0.4) is 0 Å². The molecule has 1 aliphatic carbocycles. The third-order valence-corrected chi connectivity index (χ3v) is 3.45. The quantitative estimate of drug-likeness (QED) is 0.512. The molecule has 3 nitrogen and oxygen atoms in total. The molecule has 0 spiro atoms. The van der Waals surface area contributed by atoms with E-state index >= 15 is 0 Å². The smallest absolute Gasteiger partial charge is 0.209 e. The van der Waals surface area contributed by atoms with Gasteiger partial charge in [0.05, 0.1) is 0 Å². The molecule has 0 aromatic heterocycles. The van der Waals surface area contributed by atoms with E-state index in [2.05, 4.69) is 17.1 Å². The maximum absolute atomic E-state index is 10.6. The van der Waals surface area contributed by atoms with Gasteiger partial charge in [0.1, 0.15) is 0 Å². The molecular weight excluding hydrogens is 188 g/mol. The van der Waals surface area contributed by atoms with E-state index in [1.807, 2.05) is 4.90 Å². The van der Waals surface area contributed by atoms with Crippen molar-refractivity contribution in [3.8, 4) is 0 Å². The summed E-state index contributed by atoms with van der Waals surface area (Å²) >= 11 is 0. The number of hydrogen-bond donors (Lipinski definition) is 0. The average molecular weight is 208 g/mol. The van der Waals surface area contributed by atoms with Crippen LogP contribution in [-0.4, -0.2) is 48.9 Å². The van der Waals surface area contributed by atoms with E-state index in [1.165, 1.54) is 25.8 Å². The van der Waals surface area contributed by atoms with Crippen molar-refractivity contribution in [1.29, 1.82) is 0 Å². The van der Waals surface area contributed by atoms with E-state index in [9.17, 15) is 4.79 Å². The number of amides is 1. The second-order valence-corrected chi connectivity index (χ2v) is 4.59. The zero-order valence-corrected chi connectivity index (χ0v) is 9.27. The van der Waals surface area contributed by atoms with Crippen LogP contribution in [0, 0.1) is 5.92 Å². The van der Waals surface area contributed by atoms with Crippen LogP contribution < -0.4 is 0 Å². The molecule has 1 fully saturated rings. The summed E-state index contributed by atoms with van der Waals surface area (Å²) in [6.45, 7) is 5.15. The van der Waals surface area contributed by atoms with E-state index in [0.29, 0.717) is 0 Å². The van der Waals surface area contributed by atoms with Crippen molar-refractivity contribution >= 4 is 6.41 Å². The SMILES string of the molecule is O=CN1CCN(CC2CC=CCC2)CC1. The van der Waals surface area contributed by atoms with Crippen LogP contribution in [0.25, 0.3) is 0 Å². The third kappa shape index (κ3) is 3.06. The van der Waals surface area contributed by atoms with Crippen LogP contribution >= 0.6 is 0 Å². The summed E-state index contributed by atoms with van der Waals surface area (Å²) in [7, 11) is 0. The minimum absolute atomic E-state index is 0.845. The second kappa shape index (κ2) is 5.31. The first-order chi connectivity index (χ1) is 7.38. The molecular formula is C12H20N2O. The van der Waals surface area contributed by atoms with Crippen molar-refractivity contribution in [2.24, 2.45) is 5.92 Å². The van der Waals surface area contributed by atoms with Gasteiger partial charge < -0.3 is 4.90 Å². The molecule has 1 unspecified atom stereocenters. The summed E-state index contributed by atoms with van der Waals surface area (Å²) < 4.78 is 0. The molecule has 0 aromatic carbocycles. The molecule has 0 saturated carbocycles. The number of hydrogen-bond acceptors (Lipinski definition) is 2. The van der Waals surface area contributed by atoms with Crippen LogP contribution in [0.2, 0.25) is 0 Å². The average Bonchev–Trinajstić information content (AvgIpc) is 2.31. The number of allylic oxidation sites excluding steroid dienone is 2. The lowest BCUT2D eigenvalue weighted by Gasteiger charge is -2.35. The first-order valence-corrected chi connectivity index (χ1v) is 5.95. The van der Waals surface area contributed by atoms with E-state index in [4.69, 9.17) is 0 Å². The second-order valence-electron chi connectivity index (χ2n) is 4.59. The highest BCUT2D eigenvalue weighted by molar-refractivity contribution is 5.47. The van der Waals surface area contributed by atoms with Crippen molar-refractivity contribution in [2.45, 2.75) is 19.3 Å². The Balaban J connectivity index is 1.71. The summed E-state index contributed by atoms with van der Waals surface area (Å²) in [4.78, 5) is 14.9. The largest absolute Gasteiger partial charge is 0.343 e. The summed E-state index contributed by atoms with van der Waals surface area (Å²) in [6.07, 6.45) is 9.41. The molecule has 84 valence electrons. The Labute approximate surface area is 91.7 Å². The normalized spacial score (nSPS) is 28.0. The topological polar surface area (TPSA) is 23.6 Å². The van der Waals surface area contributed by atoms with Crippen molar-refractivity contribution in [3.05, 3.63) is 12.2 Å². The molecule has 0 N–H and O–H groups in total. The minimum atomic E-state index is 0.845. The van der Waals surface area contributed by atoms with Crippen LogP contribution in [0.15, 0.2) is 12.2 Å². The molecule has 3 heteroatoms. The maximum atomic E-state index is 10.6. The predicted molar refractivity (Wildman–Crippen MR) is 60.6 cm³/mol. The lowest BCUT2D eigenvalue weighted by molar-refractivity contribution is -0.119. The van der Waals surface area contributed by atoms with Crippen LogP contribution in [0.1, 0.15) is 19.3 Å². The number of carbonyl (C=O) groups excluding carboxylic acids is 1. The Morgan fingerprint density at radius 3 is 2.60 bits per heavy atom. The highest BCUT2D eigenvalue weighted by Crippen LogP contribution is 2.19. The zero-order chi connectivity index (χ0) is 10.5. The molecule has 0 radical (unpaired) electrons. The van der Waals surface area contributed by atoms with Gasteiger partial charge in [0.15, 0.2) is 0 Å². The van der Waals surface area contributed by atoms with Crippen molar-refractivity contribution in [1.82, 2.24) is 9.80 Å². The van der Waals surface area contributed by atoms with Gasteiger partial charge in [-0.15, -0.1) is 0 Å². The van der Waals surface area contributed by atoms with E-state index in [0.717, 1.165) is 38.5 Å². The monoisotopic (exact) mass is 208 g/mol. The maximum Gasteiger partial charge on any atom is 0.209 e. The Bertz CT molecular complexity index is 232. The standard InChI is InChI=1S/C12H20N2O/c15-11-14-8-6-13(7-9-14)10-12-4-2-1-3-5-12/h1-2,11-12H,3-10H2. The predicted octanol–water partition coefficient (Wildman–Crippen LogP) is 1.12. The Morgan fingerprint density at radius 1 is 1.20 bits per heavy atom. The fraction of sp³-hybridized carbons (Fsp3) is 0.750. The lowest BCUT2D eigenvalue weighted by Crippen LogP contribution is -2.47.